The molecule has 4 nitrogen and oxygen atoms in total. The van der Waals surface area contributed by atoms with Gasteiger partial charge in [-0.15, -0.1) is 0 Å². The van der Waals surface area contributed by atoms with E-state index in [-0.39, 0.29) is 23.2 Å². The molecule has 0 bridgehead atoms. The first-order valence-electron chi connectivity index (χ1n) is 11.7. The Morgan fingerprint density at radius 3 is 2.53 bits per heavy atom. The summed E-state index contributed by atoms with van der Waals surface area (Å²) >= 11 is 0. The average molecular weight is 434 g/mol. The molecule has 32 heavy (non-hydrogen) atoms. The van der Waals surface area contributed by atoms with Crippen LogP contribution in [0, 0.1) is 11.8 Å². The van der Waals surface area contributed by atoms with Crippen molar-refractivity contribution in [3.8, 4) is 0 Å². The van der Waals surface area contributed by atoms with E-state index in [2.05, 4.69) is 18.8 Å². The molecule has 2 aliphatic carbocycles. The molecule has 1 aromatic rings. The molecule has 2 N–H and O–H groups in total. The molecular formula is C28H35NO3. The number of hydrogen-bond donors (Lipinski definition) is 2. The third-order valence-corrected chi connectivity index (χ3v) is 6.57. The van der Waals surface area contributed by atoms with Crippen molar-refractivity contribution in [1.29, 1.82) is 0 Å². The van der Waals surface area contributed by atoms with E-state index in [1.54, 1.807) is 0 Å². The van der Waals surface area contributed by atoms with Gasteiger partial charge in [-0.1, -0.05) is 73.9 Å². The summed E-state index contributed by atoms with van der Waals surface area (Å²) in [5.74, 6) is -1.42. The number of benzene rings is 1. The molecule has 0 radical (unpaired) electrons. The van der Waals surface area contributed by atoms with Gasteiger partial charge in [-0.25, -0.2) is 0 Å². The van der Waals surface area contributed by atoms with Crippen molar-refractivity contribution in [2.75, 3.05) is 0 Å². The first-order chi connectivity index (χ1) is 15.3. The number of carbonyl (C=O) groups is 2. The molecule has 170 valence electrons. The number of hydrogen-bond acceptors (Lipinski definition) is 4. The Balaban J connectivity index is 2.06. The van der Waals surface area contributed by atoms with Crippen molar-refractivity contribution < 1.29 is 14.7 Å². The number of aliphatic hydroxyl groups excluding tert-OH is 1. The van der Waals surface area contributed by atoms with E-state index in [0.717, 1.165) is 43.2 Å². The van der Waals surface area contributed by atoms with Gasteiger partial charge in [0, 0.05) is 18.0 Å². The second kappa shape index (κ2) is 10.6. The van der Waals surface area contributed by atoms with E-state index in [4.69, 9.17) is 0 Å². The van der Waals surface area contributed by atoms with Crippen molar-refractivity contribution in [3.63, 3.8) is 0 Å². The number of rotatable bonds is 9. The van der Waals surface area contributed by atoms with Crippen LogP contribution in [0.25, 0.3) is 0 Å². The normalized spacial score (nSPS) is 21.7. The maximum atomic E-state index is 13.3. The van der Waals surface area contributed by atoms with Gasteiger partial charge in [0.1, 0.15) is 5.76 Å². The molecule has 0 heterocycles. The van der Waals surface area contributed by atoms with Crippen LogP contribution in [0.1, 0.15) is 64.9 Å². The summed E-state index contributed by atoms with van der Waals surface area (Å²) in [4.78, 5) is 26.5. The molecular weight excluding hydrogens is 398 g/mol. The monoisotopic (exact) mass is 433 g/mol. The second-order valence-corrected chi connectivity index (χ2v) is 9.10. The van der Waals surface area contributed by atoms with Crippen LogP contribution in [0.5, 0.6) is 0 Å². The Labute approximate surface area is 191 Å². The first kappa shape index (κ1) is 23.8. The van der Waals surface area contributed by atoms with Crippen LogP contribution >= 0.6 is 0 Å². The summed E-state index contributed by atoms with van der Waals surface area (Å²) in [5, 5.41) is 14.7. The fourth-order valence-corrected chi connectivity index (χ4v) is 4.74. The standard InChI is InChI=1S/C28H35NO3/c1-5-6-8-13-22-25(29-17-20-11-9-7-10-12-20)27(31)24(28(32)26(22)30)23-16-19(4)14-15-21(23)18(2)3/h7,9-12,16,21,23,29,31H,2,5-6,8,13-15,17H2,1,3-4H3. The summed E-state index contributed by atoms with van der Waals surface area (Å²) in [7, 11) is 0. The Morgan fingerprint density at radius 2 is 1.88 bits per heavy atom. The largest absolute Gasteiger partial charge is 0.505 e. The molecule has 2 unspecified atom stereocenters. The summed E-state index contributed by atoms with van der Waals surface area (Å²) in [6.45, 7) is 10.7. The minimum atomic E-state index is -0.568. The molecule has 4 heteroatoms. The van der Waals surface area contributed by atoms with E-state index in [9.17, 15) is 14.7 Å². The fourth-order valence-electron chi connectivity index (χ4n) is 4.74. The smallest absolute Gasteiger partial charge is 0.233 e. The summed E-state index contributed by atoms with van der Waals surface area (Å²) in [6.07, 6.45) is 7.10. The molecule has 0 amide bonds. The van der Waals surface area contributed by atoms with Crippen LogP contribution < -0.4 is 5.32 Å². The first-order valence-corrected chi connectivity index (χ1v) is 11.7. The van der Waals surface area contributed by atoms with Gasteiger partial charge in [0.25, 0.3) is 0 Å². The fraction of sp³-hybridized carbons (Fsp3) is 0.429. The number of Topliss-reactive ketones (excluding diaryl/α,β-unsaturated/α-hetero) is 2. The number of allylic oxidation sites excluding steroid dienone is 5. The van der Waals surface area contributed by atoms with Gasteiger partial charge < -0.3 is 10.4 Å². The highest BCUT2D eigenvalue weighted by atomic mass is 16.3. The van der Waals surface area contributed by atoms with Crippen LogP contribution in [0.15, 0.2) is 76.7 Å². The molecule has 2 atom stereocenters. The Bertz CT molecular complexity index is 981. The van der Waals surface area contributed by atoms with Gasteiger partial charge in [0.2, 0.25) is 11.6 Å². The van der Waals surface area contributed by atoms with Crippen molar-refractivity contribution in [2.45, 2.75) is 65.8 Å². The van der Waals surface area contributed by atoms with Crippen molar-refractivity contribution in [2.24, 2.45) is 11.8 Å². The van der Waals surface area contributed by atoms with E-state index in [1.807, 2.05) is 50.3 Å². The molecule has 0 aromatic heterocycles. The molecule has 0 saturated carbocycles. The molecule has 1 aromatic carbocycles. The number of unbranched alkanes of at least 4 members (excludes halogenated alkanes) is 2. The minimum Gasteiger partial charge on any atom is -0.505 e. The molecule has 0 aliphatic heterocycles. The molecule has 0 saturated heterocycles. The lowest BCUT2D eigenvalue weighted by atomic mass is 9.70. The SMILES string of the molecule is C=C(C)C1CCC(C)=CC1C1=C(O)C(NCc2ccccc2)=C(CCCCC)C(=O)C1=O. The van der Waals surface area contributed by atoms with E-state index in [1.165, 1.54) is 5.57 Å². The van der Waals surface area contributed by atoms with Gasteiger partial charge >= 0.3 is 0 Å². The average Bonchev–Trinajstić information content (AvgIpc) is 2.77. The van der Waals surface area contributed by atoms with Crippen molar-refractivity contribution >= 4 is 11.6 Å². The van der Waals surface area contributed by atoms with Crippen molar-refractivity contribution in [3.05, 3.63) is 82.3 Å². The predicted molar refractivity (Wildman–Crippen MR) is 129 cm³/mol. The molecule has 2 aliphatic rings. The topological polar surface area (TPSA) is 66.4 Å². The Kier molecular flexibility index (Phi) is 7.89. The van der Waals surface area contributed by atoms with E-state index >= 15 is 0 Å². The highest BCUT2D eigenvalue weighted by Gasteiger charge is 2.41. The van der Waals surface area contributed by atoms with Gasteiger partial charge in [-0.3, -0.25) is 9.59 Å². The van der Waals surface area contributed by atoms with Crippen LogP contribution in [0.4, 0.5) is 0 Å². The molecule has 0 fully saturated rings. The lowest BCUT2D eigenvalue weighted by molar-refractivity contribution is -0.133. The van der Waals surface area contributed by atoms with E-state index in [0.29, 0.717) is 24.2 Å². The zero-order valence-corrected chi connectivity index (χ0v) is 19.5. The highest BCUT2D eigenvalue weighted by molar-refractivity contribution is 6.50. The summed E-state index contributed by atoms with van der Waals surface area (Å²) in [5.41, 5.74) is 4.22. The molecule has 3 rings (SSSR count). The molecule has 0 spiro atoms. The quantitative estimate of drug-likeness (QED) is 0.213. The third kappa shape index (κ3) is 5.12. The van der Waals surface area contributed by atoms with Gasteiger partial charge in [0.05, 0.1) is 11.3 Å². The number of nitrogens with one attached hydrogen (secondary N) is 1. The number of aliphatic hydroxyl groups is 1. The summed E-state index contributed by atoms with van der Waals surface area (Å²) < 4.78 is 0. The maximum Gasteiger partial charge on any atom is 0.233 e. The van der Waals surface area contributed by atoms with Gasteiger partial charge in [-0.2, -0.15) is 0 Å². The summed E-state index contributed by atoms with van der Waals surface area (Å²) in [6, 6.07) is 9.85. The van der Waals surface area contributed by atoms with Gasteiger partial charge in [0.15, 0.2) is 0 Å². The van der Waals surface area contributed by atoms with E-state index < -0.39 is 11.6 Å². The number of carbonyl (C=O) groups excluding carboxylic acids is 2. The maximum absolute atomic E-state index is 13.3. The van der Waals surface area contributed by atoms with Gasteiger partial charge in [-0.05, 0) is 51.0 Å². The van der Waals surface area contributed by atoms with Crippen molar-refractivity contribution in [1.82, 2.24) is 5.32 Å². The Morgan fingerprint density at radius 1 is 1.16 bits per heavy atom. The minimum absolute atomic E-state index is 0.0321. The third-order valence-electron chi connectivity index (χ3n) is 6.57. The number of ketones is 2. The lowest BCUT2D eigenvalue weighted by Gasteiger charge is -2.34. The van der Waals surface area contributed by atoms with Crippen LogP contribution in [-0.4, -0.2) is 16.7 Å². The highest BCUT2D eigenvalue weighted by Crippen LogP contribution is 2.41. The van der Waals surface area contributed by atoms with Crippen LogP contribution in [0.3, 0.4) is 0 Å². The predicted octanol–water partition coefficient (Wildman–Crippen LogP) is 6.12. The van der Waals surface area contributed by atoms with Crippen LogP contribution in [-0.2, 0) is 16.1 Å². The zero-order chi connectivity index (χ0) is 23.3. The Hall–Kier alpha value is -2.88. The lowest BCUT2D eigenvalue weighted by Crippen LogP contribution is -2.36. The van der Waals surface area contributed by atoms with Crippen LogP contribution in [0.2, 0.25) is 0 Å². The second-order valence-electron chi connectivity index (χ2n) is 9.10. The zero-order valence-electron chi connectivity index (χ0n) is 19.5.